The lowest BCUT2D eigenvalue weighted by Gasteiger charge is -2.26. The van der Waals surface area contributed by atoms with Crippen molar-refractivity contribution in [3.05, 3.63) is 86.6 Å². The lowest BCUT2D eigenvalue weighted by atomic mass is 10.1. The van der Waals surface area contributed by atoms with E-state index in [9.17, 15) is 14.0 Å². The maximum Gasteiger partial charge on any atom is 0.335 e. The standard InChI is InChI=1S/C22H22FN3O3/c1-14-11-17(7-8-19(14)23)26-21(27)18-13-25(10-9-20(18)24(26)2)12-15-3-5-16(6-4-15)22(28)29/h3-8,11H,9-10,12-13H2,1-2H3,(H,28,29). The Morgan fingerprint density at radius 2 is 1.90 bits per heavy atom. The van der Waals surface area contributed by atoms with Crippen LogP contribution in [0, 0.1) is 12.7 Å². The molecular weight excluding hydrogens is 373 g/mol. The molecule has 150 valence electrons. The molecule has 1 aromatic heterocycles. The third-order valence-electron chi connectivity index (χ3n) is 5.53. The predicted molar refractivity (Wildman–Crippen MR) is 107 cm³/mol. The molecule has 29 heavy (non-hydrogen) atoms. The summed E-state index contributed by atoms with van der Waals surface area (Å²) in [6.07, 6.45) is 0.738. The van der Waals surface area contributed by atoms with Gasteiger partial charge in [-0.15, -0.1) is 0 Å². The van der Waals surface area contributed by atoms with E-state index in [1.54, 1.807) is 35.9 Å². The summed E-state index contributed by atoms with van der Waals surface area (Å²) < 4.78 is 17.1. The first kappa shape index (κ1) is 19.1. The number of aryl methyl sites for hydroxylation is 1. The third-order valence-corrected chi connectivity index (χ3v) is 5.53. The number of carboxylic acids is 1. The summed E-state index contributed by atoms with van der Waals surface area (Å²) in [6, 6.07) is 11.5. The minimum Gasteiger partial charge on any atom is -0.478 e. The molecule has 0 bridgehead atoms. The molecule has 0 spiro atoms. The lowest BCUT2D eigenvalue weighted by Crippen LogP contribution is -2.32. The Hall–Kier alpha value is -3.19. The van der Waals surface area contributed by atoms with Crippen LogP contribution in [0.2, 0.25) is 0 Å². The van der Waals surface area contributed by atoms with Gasteiger partial charge in [0.05, 0.1) is 16.8 Å². The Morgan fingerprint density at radius 3 is 2.55 bits per heavy atom. The minimum atomic E-state index is -0.944. The number of nitrogens with zero attached hydrogens (tertiary/aromatic N) is 3. The van der Waals surface area contributed by atoms with Crippen LogP contribution < -0.4 is 5.56 Å². The summed E-state index contributed by atoms with van der Waals surface area (Å²) in [7, 11) is 1.86. The van der Waals surface area contributed by atoms with Gasteiger partial charge in [0.2, 0.25) is 0 Å². The van der Waals surface area contributed by atoms with Crippen LogP contribution in [-0.2, 0) is 26.6 Å². The molecule has 1 aliphatic rings. The molecule has 0 atom stereocenters. The summed E-state index contributed by atoms with van der Waals surface area (Å²) in [4.78, 5) is 26.3. The van der Waals surface area contributed by atoms with E-state index in [1.165, 1.54) is 6.07 Å². The van der Waals surface area contributed by atoms with Crippen molar-refractivity contribution in [1.29, 1.82) is 0 Å². The van der Waals surface area contributed by atoms with E-state index in [2.05, 4.69) is 4.90 Å². The van der Waals surface area contributed by atoms with E-state index < -0.39 is 5.97 Å². The number of halogens is 1. The quantitative estimate of drug-likeness (QED) is 0.738. The summed E-state index contributed by atoms with van der Waals surface area (Å²) in [5.41, 5.74) is 4.08. The van der Waals surface area contributed by atoms with Crippen molar-refractivity contribution in [2.75, 3.05) is 6.54 Å². The Balaban J connectivity index is 1.60. The topological polar surface area (TPSA) is 67.5 Å². The average molecular weight is 395 g/mol. The van der Waals surface area contributed by atoms with E-state index in [0.29, 0.717) is 24.3 Å². The van der Waals surface area contributed by atoms with Crippen molar-refractivity contribution in [3.8, 4) is 5.69 Å². The molecule has 2 heterocycles. The first-order valence-corrected chi connectivity index (χ1v) is 9.46. The van der Waals surface area contributed by atoms with E-state index >= 15 is 0 Å². The number of aromatic carboxylic acids is 1. The number of hydrogen-bond acceptors (Lipinski definition) is 3. The highest BCUT2D eigenvalue weighted by Crippen LogP contribution is 2.21. The zero-order chi connectivity index (χ0) is 20.7. The first-order valence-electron chi connectivity index (χ1n) is 9.46. The van der Waals surface area contributed by atoms with Crippen LogP contribution in [0.4, 0.5) is 4.39 Å². The average Bonchev–Trinajstić information content (AvgIpc) is 2.95. The zero-order valence-corrected chi connectivity index (χ0v) is 16.4. The van der Waals surface area contributed by atoms with Crippen LogP contribution in [0.15, 0.2) is 47.3 Å². The highest BCUT2D eigenvalue weighted by Gasteiger charge is 2.25. The number of fused-ring (bicyclic) bond motifs is 1. The molecule has 0 unspecified atom stereocenters. The van der Waals surface area contributed by atoms with Gasteiger partial charge in [-0.2, -0.15) is 0 Å². The second kappa shape index (κ2) is 7.33. The molecular formula is C22H22FN3O3. The first-order chi connectivity index (χ1) is 13.8. The molecule has 1 aliphatic heterocycles. The van der Waals surface area contributed by atoms with E-state index in [1.807, 2.05) is 23.9 Å². The molecule has 0 saturated carbocycles. The number of carbonyl (C=O) groups is 1. The van der Waals surface area contributed by atoms with E-state index in [0.717, 1.165) is 29.8 Å². The second-order valence-electron chi connectivity index (χ2n) is 7.46. The van der Waals surface area contributed by atoms with Crippen LogP contribution in [-0.4, -0.2) is 31.9 Å². The summed E-state index contributed by atoms with van der Waals surface area (Å²) in [6.45, 7) is 3.65. The van der Waals surface area contributed by atoms with Gasteiger partial charge in [-0.05, 0) is 48.4 Å². The number of carboxylic acid groups (broad SMARTS) is 1. The maximum atomic E-state index is 13.6. The van der Waals surface area contributed by atoms with Gasteiger partial charge < -0.3 is 5.11 Å². The fraction of sp³-hybridized carbons (Fsp3) is 0.273. The normalized spacial score (nSPS) is 14.0. The molecule has 4 rings (SSSR count). The molecule has 0 amide bonds. The molecule has 0 saturated heterocycles. The van der Waals surface area contributed by atoms with Crippen LogP contribution in [0.3, 0.4) is 0 Å². The highest BCUT2D eigenvalue weighted by atomic mass is 19.1. The lowest BCUT2D eigenvalue weighted by molar-refractivity contribution is 0.0697. The van der Waals surface area contributed by atoms with E-state index in [-0.39, 0.29) is 16.9 Å². The van der Waals surface area contributed by atoms with Gasteiger partial charge in [-0.1, -0.05) is 12.1 Å². The highest BCUT2D eigenvalue weighted by molar-refractivity contribution is 5.87. The maximum absolute atomic E-state index is 13.6. The molecule has 1 N–H and O–H groups in total. The van der Waals surface area contributed by atoms with Crippen LogP contribution in [0.25, 0.3) is 5.69 Å². The number of benzene rings is 2. The van der Waals surface area contributed by atoms with Crippen molar-refractivity contribution >= 4 is 5.97 Å². The van der Waals surface area contributed by atoms with Crippen molar-refractivity contribution in [3.63, 3.8) is 0 Å². The minimum absolute atomic E-state index is 0.0839. The van der Waals surface area contributed by atoms with E-state index in [4.69, 9.17) is 5.11 Å². The Bertz CT molecular complexity index is 1150. The van der Waals surface area contributed by atoms with Gasteiger partial charge in [-0.3, -0.25) is 14.4 Å². The monoisotopic (exact) mass is 395 g/mol. The van der Waals surface area contributed by atoms with Crippen molar-refractivity contribution in [2.24, 2.45) is 7.05 Å². The van der Waals surface area contributed by atoms with Gasteiger partial charge in [0.25, 0.3) is 5.56 Å². The third kappa shape index (κ3) is 3.49. The molecule has 0 fully saturated rings. The zero-order valence-electron chi connectivity index (χ0n) is 16.4. The number of rotatable bonds is 4. The van der Waals surface area contributed by atoms with Gasteiger partial charge in [0, 0.05) is 38.8 Å². The molecule has 7 heteroatoms. The Labute approximate surface area is 167 Å². The smallest absolute Gasteiger partial charge is 0.335 e. The summed E-state index contributed by atoms with van der Waals surface area (Å²) in [5, 5.41) is 9.02. The van der Waals surface area contributed by atoms with Crippen LogP contribution in [0.5, 0.6) is 0 Å². The van der Waals surface area contributed by atoms with Gasteiger partial charge in [0.15, 0.2) is 0 Å². The number of aromatic nitrogens is 2. The largest absolute Gasteiger partial charge is 0.478 e. The van der Waals surface area contributed by atoms with Crippen LogP contribution >= 0.6 is 0 Å². The molecule has 6 nitrogen and oxygen atoms in total. The van der Waals surface area contributed by atoms with Gasteiger partial charge >= 0.3 is 5.97 Å². The van der Waals surface area contributed by atoms with Crippen molar-refractivity contribution < 1.29 is 14.3 Å². The van der Waals surface area contributed by atoms with Crippen molar-refractivity contribution in [2.45, 2.75) is 26.4 Å². The fourth-order valence-corrected chi connectivity index (χ4v) is 3.94. The molecule has 0 aliphatic carbocycles. The van der Waals surface area contributed by atoms with Gasteiger partial charge in [0.1, 0.15) is 5.82 Å². The second-order valence-corrected chi connectivity index (χ2v) is 7.46. The number of hydrogen-bond donors (Lipinski definition) is 1. The Kier molecular flexibility index (Phi) is 4.84. The van der Waals surface area contributed by atoms with Crippen LogP contribution in [0.1, 0.15) is 32.7 Å². The van der Waals surface area contributed by atoms with Crippen molar-refractivity contribution in [1.82, 2.24) is 14.3 Å². The summed E-state index contributed by atoms with van der Waals surface area (Å²) >= 11 is 0. The summed E-state index contributed by atoms with van der Waals surface area (Å²) in [5.74, 6) is -1.24. The molecule has 0 radical (unpaired) electrons. The fourth-order valence-electron chi connectivity index (χ4n) is 3.94. The predicted octanol–water partition coefficient (Wildman–Crippen LogP) is 2.88. The van der Waals surface area contributed by atoms with Gasteiger partial charge in [-0.25, -0.2) is 13.9 Å². The molecule has 2 aromatic carbocycles. The molecule has 3 aromatic rings. The SMILES string of the molecule is Cc1cc(-n2c(=O)c3c(n2C)CCN(Cc2ccc(C(=O)O)cc2)C3)ccc1F. The Morgan fingerprint density at radius 1 is 1.17 bits per heavy atom.